The van der Waals surface area contributed by atoms with E-state index in [1.54, 1.807) is 29.2 Å². The van der Waals surface area contributed by atoms with Gasteiger partial charge in [-0.3, -0.25) is 9.48 Å². The van der Waals surface area contributed by atoms with E-state index in [-0.39, 0.29) is 36.4 Å². The highest BCUT2D eigenvalue weighted by Crippen LogP contribution is 2.44. The molecule has 3 fully saturated rings. The molecule has 1 N–H and O–H groups in total. The summed E-state index contributed by atoms with van der Waals surface area (Å²) in [5, 5.41) is 13.7. The molecule has 3 aliphatic rings. The van der Waals surface area contributed by atoms with E-state index >= 15 is 0 Å². The van der Waals surface area contributed by atoms with E-state index in [4.69, 9.17) is 4.74 Å². The van der Waals surface area contributed by atoms with Crippen molar-refractivity contribution >= 4 is 18.2 Å². The van der Waals surface area contributed by atoms with Crippen molar-refractivity contribution in [2.45, 2.75) is 83.3 Å². The fraction of sp³-hybridized carbons (Fsp3) is 0.538. The number of hydrogen-bond donors (Lipinski definition) is 1. The third-order valence-corrected chi connectivity index (χ3v) is 10.4. The quantitative estimate of drug-likeness (QED) is 0.180. The van der Waals surface area contributed by atoms with Crippen LogP contribution in [0.4, 0.5) is 39.5 Å². The Hall–Kier alpha value is -4.45. The Balaban J connectivity index is 0.000000209. The molecular weight excluding hydrogens is 775 g/mol. The molecule has 0 atom stereocenters. The smallest absolute Gasteiger partial charge is 0.416 e. The molecule has 9 nitrogen and oxygen atoms in total. The van der Waals surface area contributed by atoms with Crippen molar-refractivity contribution < 1.29 is 63.7 Å². The van der Waals surface area contributed by atoms with Crippen LogP contribution in [0.1, 0.15) is 94.8 Å². The summed E-state index contributed by atoms with van der Waals surface area (Å²) < 4.78 is 120. The molecule has 0 radical (unpaired) electrons. The first kappa shape index (κ1) is 45.3. The Morgan fingerprint density at radius 1 is 0.965 bits per heavy atom. The number of carboxylic acid groups (broad SMARTS) is 1. The summed E-state index contributed by atoms with van der Waals surface area (Å²) >= 11 is 0. The summed E-state index contributed by atoms with van der Waals surface area (Å²) in [6.45, 7) is 5.52. The second-order valence-electron chi connectivity index (χ2n) is 15.5. The molecule has 314 valence electrons. The molecule has 57 heavy (non-hydrogen) atoms. The second-order valence-corrected chi connectivity index (χ2v) is 15.5. The van der Waals surface area contributed by atoms with Crippen LogP contribution in [-0.4, -0.2) is 95.3 Å². The molecule has 3 aromatic rings. The van der Waals surface area contributed by atoms with Gasteiger partial charge in [0.05, 0.1) is 36.0 Å². The van der Waals surface area contributed by atoms with E-state index in [2.05, 4.69) is 17.0 Å². The van der Waals surface area contributed by atoms with Gasteiger partial charge in [-0.2, -0.15) is 31.4 Å². The number of rotatable bonds is 8. The molecule has 1 spiro atoms. The number of halogens is 9. The number of alkyl halides is 8. The van der Waals surface area contributed by atoms with Gasteiger partial charge >= 0.3 is 18.3 Å². The van der Waals surface area contributed by atoms with Crippen LogP contribution in [0, 0.1) is 16.6 Å². The molecule has 3 heterocycles. The van der Waals surface area contributed by atoms with Gasteiger partial charge in [0.2, 0.25) is 5.92 Å². The molecule has 6 rings (SSSR count). The van der Waals surface area contributed by atoms with Crippen molar-refractivity contribution in [3.63, 3.8) is 0 Å². The van der Waals surface area contributed by atoms with Gasteiger partial charge < -0.3 is 24.4 Å². The average molecular weight is 821 g/mol. The number of carboxylic acids is 1. The zero-order valence-electron chi connectivity index (χ0n) is 31.8. The third kappa shape index (κ3) is 11.4. The van der Waals surface area contributed by atoms with E-state index in [1.165, 1.54) is 19.2 Å². The molecule has 1 amide bonds. The number of hydrogen-bond acceptors (Lipinski definition) is 6. The Bertz CT molecular complexity index is 1860. The maximum atomic E-state index is 13.3. The fourth-order valence-electron chi connectivity index (χ4n) is 7.22. The van der Waals surface area contributed by atoms with Crippen LogP contribution in [-0.2, 0) is 28.9 Å². The Morgan fingerprint density at radius 2 is 1.58 bits per heavy atom. The van der Waals surface area contributed by atoms with Gasteiger partial charge in [-0.25, -0.2) is 18.0 Å². The first-order valence-corrected chi connectivity index (χ1v) is 18.0. The Morgan fingerprint density at radius 3 is 2.07 bits per heavy atom. The molecule has 2 aromatic carbocycles. The van der Waals surface area contributed by atoms with Gasteiger partial charge in [-0.1, -0.05) is 18.2 Å². The van der Waals surface area contributed by atoms with E-state index in [9.17, 15) is 59.0 Å². The van der Waals surface area contributed by atoms with Crippen molar-refractivity contribution in [2.24, 2.45) is 10.8 Å². The molecule has 0 bridgehead atoms. The number of ether oxygens (including phenoxy) is 1. The van der Waals surface area contributed by atoms with Crippen LogP contribution < -0.4 is 0 Å². The number of aromatic nitrogens is 2. The first-order chi connectivity index (χ1) is 26.4. The number of benzene rings is 2. The van der Waals surface area contributed by atoms with Crippen molar-refractivity contribution in [1.29, 1.82) is 0 Å². The first-order valence-electron chi connectivity index (χ1n) is 18.0. The lowest BCUT2D eigenvalue weighted by atomic mass is 9.79. The van der Waals surface area contributed by atoms with Crippen LogP contribution in [0.5, 0.6) is 0 Å². The number of carbonyl (C=O) groups is 3. The predicted molar refractivity (Wildman–Crippen MR) is 189 cm³/mol. The summed E-state index contributed by atoms with van der Waals surface area (Å²) in [6.07, 6.45) is -5.50. The summed E-state index contributed by atoms with van der Waals surface area (Å²) in [5.74, 6) is -5.01. The normalized spacial score (nSPS) is 18.2. The SMILES string of the molecule is CC(C)(C=O)C(F)(F)F.CN1CC2(CCN(C(=O)c3cnn(Cc4ccc(F)cc4)c3)C2)C1.COCc1c(C(F)(F)F)ccc(C2CCC(F)(F)CC2)c1C(=O)O. The Kier molecular flexibility index (Phi) is 14.0. The molecule has 2 aliphatic heterocycles. The van der Waals surface area contributed by atoms with Crippen LogP contribution in [0.2, 0.25) is 0 Å². The number of aromatic carboxylic acids is 1. The summed E-state index contributed by atoms with van der Waals surface area (Å²) in [5.41, 5.74) is -2.17. The number of likely N-dealkylation sites (tertiary alicyclic amines) is 2. The predicted octanol–water partition coefficient (Wildman–Crippen LogP) is 8.46. The highest BCUT2D eigenvalue weighted by Gasteiger charge is 2.48. The minimum atomic E-state index is -4.73. The van der Waals surface area contributed by atoms with E-state index in [0.717, 1.165) is 64.1 Å². The number of nitrogens with zero attached hydrogens (tertiary/aromatic N) is 4. The van der Waals surface area contributed by atoms with E-state index in [0.29, 0.717) is 17.5 Å². The van der Waals surface area contributed by atoms with Crippen LogP contribution in [0.25, 0.3) is 0 Å². The van der Waals surface area contributed by atoms with Crippen LogP contribution >= 0.6 is 0 Å². The lowest BCUT2D eigenvalue weighted by Gasteiger charge is -2.46. The molecule has 2 saturated heterocycles. The minimum Gasteiger partial charge on any atom is -0.478 e. The minimum absolute atomic E-state index is 0.0328. The van der Waals surface area contributed by atoms with Gasteiger partial charge in [-0.15, -0.1) is 0 Å². The topological polar surface area (TPSA) is 105 Å². The van der Waals surface area contributed by atoms with Crippen molar-refractivity contribution in [2.75, 3.05) is 40.3 Å². The second kappa shape index (κ2) is 17.6. The monoisotopic (exact) mass is 820 g/mol. The third-order valence-electron chi connectivity index (χ3n) is 10.4. The maximum Gasteiger partial charge on any atom is 0.416 e. The van der Waals surface area contributed by atoms with Crippen LogP contribution in [0.15, 0.2) is 48.8 Å². The molecule has 1 aromatic heterocycles. The van der Waals surface area contributed by atoms with Gasteiger partial charge in [0.15, 0.2) is 0 Å². The molecule has 0 unspecified atom stereocenters. The van der Waals surface area contributed by atoms with Gasteiger partial charge in [0.25, 0.3) is 5.91 Å². The van der Waals surface area contributed by atoms with Crippen molar-refractivity contribution in [3.05, 3.63) is 88.0 Å². The zero-order chi connectivity index (χ0) is 42.6. The number of amides is 1. The largest absolute Gasteiger partial charge is 0.478 e. The number of aldehydes is 1. The lowest BCUT2D eigenvalue weighted by molar-refractivity contribution is -0.203. The summed E-state index contributed by atoms with van der Waals surface area (Å²) in [4.78, 5) is 38.3. The molecule has 1 aliphatic carbocycles. The standard InChI is InChI=1S/C18H21FN4O.C16H17F5O3.C5H7F3O/c1-21-11-18(12-21)6-7-22(13-18)17(24)15-8-20-23(10-15)9-14-2-4-16(19)5-3-14;1-24-8-11-12(16(19,20)21)3-2-10(13(11)14(22)23)9-4-6-15(17,18)7-5-9;1-4(2,3-9)5(6,7)8/h2-5,8,10H,6-7,9,11-13H2,1H3;2-3,9H,4-8H2,1H3,(H,22,23);3H,1-2H3. The highest BCUT2D eigenvalue weighted by molar-refractivity contribution is 5.94. The van der Waals surface area contributed by atoms with Crippen molar-refractivity contribution in [3.8, 4) is 0 Å². The zero-order valence-corrected chi connectivity index (χ0v) is 31.8. The van der Waals surface area contributed by atoms with Gasteiger partial charge in [0, 0.05) is 63.3 Å². The lowest BCUT2D eigenvalue weighted by Crippen LogP contribution is -2.55. The summed E-state index contributed by atoms with van der Waals surface area (Å²) in [6, 6.07) is 8.24. The fourth-order valence-corrected chi connectivity index (χ4v) is 7.22. The molecule has 1 saturated carbocycles. The molecular formula is C39H45F9N4O5. The maximum absolute atomic E-state index is 13.3. The van der Waals surface area contributed by atoms with Gasteiger partial charge in [-0.05, 0) is 75.4 Å². The average Bonchev–Trinajstić information content (AvgIpc) is 3.76. The van der Waals surface area contributed by atoms with Crippen molar-refractivity contribution in [1.82, 2.24) is 19.6 Å². The number of methoxy groups -OCH3 is 1. The molecule has 18 heteroatoms. The highest BCUT2D eigenvalue weighted by atomic mass is 19.4. The van der Waals surface area contributed by atoms with E-state index < -0.39 is 71.7 Å². The summed E-state index contributed by atoms with van der Waals surface area (Å²) in [7, 11) is 3.29. The van der Waals surface area contributed by atoms with E-state index in [1.807, 2.05) is 4.90 Å². The number of carbonyl (C=O) groups excluding carboxylic acids is 2. The van der Waals surface area contributed by atoms with Gasteiger partial charge in [0.1, 0.15) is 17.5 Å². The van der Waals surface area contributed by atoms with Crippen LogP contribution in [0.3, 0.4) is 0 Å². The Labute approximate surface area is 323 Å².